The highest BCUT2D eigenvalue weighted by Gasteiger charge is 2.16. The number of methoxy groups -OCH3 is 1. The molecule has 0 radical (unpaired) electrons. The third-order valence-electron chi connectivity index (χ3n) is 3.44. The standard InChI is InChI=1S/C16H19FN2O/c1-11-9-13(17)8-7-12(11)10-15(19-18)14-5-3-4-6-16(14)20-2/h3-9,15,19H,10,18H2,1-2H3. The van der Waals surface area contributed by atoms with Crippen molar-refractivity contribution in [1.29, 1.82) is 0 Å². The molecule has 106 valence electrons. The monoisotopic (exact) mass is 274 g/mol. The van der Waals surface area contributed by atoms with Gasteiger partial charge in [0.15, 0.2) is 0 Å². The fraction of sp³-hybridized carbons (Fsp3) is 0.250. The number of para-hydroxylation sites is 1. The summed E-state index contributed by atoms with van der Waals surface area (Å²) in [4.78, 5) is 0. The van der Waals surface area contributed by atoms with Crippen LogP contribution in [0.3, 0.4) is 0 Å². The molecule has 3 nitrogen and oxygen atoms in total. The van der Waals surface area contributed by atoms with Crippen molar-refractivity contribution in [2.45, 2.75) is 19.4 Å². The summed E-state index contributed by atoms with van der Waals surface area (Å²) in [7, 11) is 1.63. The summed E-state index contributed by atoms with van der Waals surface area (Å²) in [5, 5.41) is 0. The third kappa shape index (κ3) is 3.15. The molecule has 2 rings (SSSR count). The molecule has 0 heterocycles. The van der Waals surface area contributed by atoms with Crippen molar-refractivity contribution in [2.75, 3.05) is 7.11 Å². The predicted molar refractivity (Wildman–Crippen MR) is 77.9 cm³/mol. The lowest BCUT2D eigenvalue weighted by Crippen LogP contribution is -2.30. The Morgan fingerprint density at radius 1 is 1.25 bits per heavy atom. The third-order valence-corrected chi connectivity index (χ3v) is 3.44. The molecule has 0 amide bonds. The number of ether oxygens (including phenoxy) is 1. The molecule has 0 bridgehead atoms. The van der Waals surface area contributed by atoms with Crippen molar-refractivity contribution in [3.8, 4) is 5.75 Å². The number of nitrogens with one attached hydrogen (secondary N) is 1. The van der Waals surface area contributed by atoms with Crippen LogP contribution in [0.1, 0.15) is 22.7 Å². The first kappa shape index (κ1) is 14.5. The van der Waals surface area contributed by atoms with Gasteiger partial charge < -0.3 is 4.74 Å². The molecule has 20 heavy (non-hydrogen) atoms. The topological polar surface area (TPSA) is 47.3 Å². The summed E-state index contributed by atoms with van der Waals surface area (Å²) in [6.07, 6.45) is 0.670. The molecule has 0 aliphatic heterocycles. The zero-order chi connectivity index (χ0) is 14.5. The van der Waals surface area contributed by atoms with Gasteiger partial charge in [-0.05, 0) is 42.7 Å². The van der Waals surface area contributed by atoms with Crippen LogP contribution in [-0.2, 0) is 6.42 Å². The zero-order valence-corrected chi connectivity index (χ0v) is 11.7. The van der Waals surface area contributed by atoms with E-state index in [2.05, 4.69) is 5.43 Å². The highest BCUT2D eigenvalue weighted by Crippen LogP contribution is 2.27. The molecule has 0 aliphatic rings. The van der Waals surface area contributed by atoms with Crippen LogP contribution in [0.4, 0.5) is 4.39 Å². The van der Waals surface area contributed by atoms with Crippen LogP contribution in [0, 0.1) is 12.7 Å². The average molecular weight is 274 g/mol. The molecule has 2 aromatic rings. The molecule has 2 aromatic carbocycles. The Morgan fingerprint density at radius 2 is 2.00 bits per heavy atom. The van der Waals surface area contributed by atoms with Gasteiger partial charge >= 0.3 is 0 Å². The smallest absolute Gasteiger partial charge is 0.123 e. The van der Waals surface area contributed by atoms with E-state index >= 15 is 0 Å². The second-order valence-corrected chi connectivity index (χ2v) is 4.74. The molecule has 0 saturated carbocycles. The van der Waals surface area contributed by atoms with Crippen LogP contribution in [0.5, 0.6) is 5.75 Å². The maximum atomic E-state index is 13.1. The fourth-order valence-corrected chi connectivity index (χ4v) is 2.32. The lowest BCUT2D eigenvalue weighted by Gasteiger charge is -2.20. The Labute approximate surface area is 118 Å². The first-order valence-electron chi connectivity index (χ1n) is 6.49. The van der Waals surface area contributed by atoms with E-state index in [9.17, 15) is 4.39 Å². The number of hydrogen-bond donors (Lipinski definition) is 2. The Morgan fingerprint density at radius 3 is 2.65 bits per heavy atom. The van der Waals surface area contributed by atoms with Gasteiger partial charge in [-0.15, -0.1) is 0 Å². The lowest BCUT2D eigenvalue weighted by atomic mass is 9.96. The Bertz CT molecular complexity index is 586. The van der Waals surface area contributed by atoms with Gasteiger partial charge in [0.2, 0.25) is 0 Å². The maximum absolute atomic E-state index is 13.1. The lowest BCUT2D eigenvalue weighted by molar-refractivity contribution is 0.399. The molecular weight excluding hydrogens is 255 g/mol. The molecular formula is C16H19FN2O. The van der Waals surface area contributed by atoms with Crippen LogP contribution in [0.2, 0.25) is 0 Å². The van der Waals surface area contributed by atoms with Gasteiger partial charge in [-0.3, -0.25) is 11.3 Å². The Kier molecular flexibility index (Phi) is 4.71. The van der Waals surface area contributed by atoms with E-state index in [1.54, 1.807) is 13.2 Å². The second kappa shape index (κ2) is 6.50. The van der Waals surface area contributed by atoms with Crippen molar-refractivity contribution in [2.24, 2.45) is 5.84 Å². The van der Waals surface area contributed by atoms with Crippen molar-refractivity contribution in [1.82, 2.24) is 5.43 Å². The van der Waals surface area contributed by atoms with Crippen LogP contribution in [-0.4, -0.2) is 7.11 Å². The maximum Gasteiger partial charge on any atom is 0.123 e. The van der Waals surface area contributed by atoms with Gasteiger partial charge in [0.25, 0.3) is 0 Å². The van der Waals surface area contributed by atoms with E-state index in [0.29, 0.717) is 6.42 Å². The van der Waals surface area contributed by atoms with Crippen molar-refractivity contribution in [3.05, 3.63) is 65.0 Å². The number of halogens is 1. The molecule has 4 heteroatoms. The highest BCUT2D eigenvalue weighted by molar-refractivity contribution is 5.38. The quantitative estimate of drug-likeness (QED) is 0.651. The molecule has 0 fully saturated rings. The average Bonchev–Trinajstić information content (AvgIpc) is 2.46. The van der Waals surface area contributed by atoms with Gasteiger partial charge in [-0.2, -0.15) is 0 Å². The van der Waals surface area contributed by atoms with Crippen LogP contribution in [0.15, 0.2) is 42.5 Å². The van der Waals surface area contributed by atoms with E-state index in [1.165, 1.54) is 12.1 Å². The van der Waals surface area contributed by atoms with E-state index in [0.717, 1.165) is 22.4 Å². The summed E-state index contributed by atoms with van der Waals surface area (Å²) < 4.78 is 18.5. The van der Waals surface area contributed by atoms with E-state index in [4.69, 9.17) is 10.6 Å². The minimum atomic E-state index is -0.221. The van der Waals surface area contributed by atoms with Crippen molar-refractivity contribution < 1.29 is 9.13 Å². The minimum absolute atomic E-state index is 0.0877. The van der Waals surface area contributed by atoms with Crippen LogP contribution >= 0.6 is 0 Å². The van der Waals surface area contributed by atoms with E-state index in [1.807, 2.05) is 31.2 Å². The van der Waals surface area contributed by atoms with E-state index in [-0.39, 0.29) is 11.9 Å². The first-order valence-corrected chi connectivity index (χ1v) is 6.49. The summed E-state index contributed by atoms with van der Waals surface area (Å²) in [6, 6.07) is 12.4. The van der Waals surface area contributed by atoms with Crippen LogP contribution < -0.4 is 16.0 Å². The van der Waals surface area contributed by atoms with Gasteiger partial charge in [-0.1, -0.05) is 24.3 Å². The predicted octanol–water partition coefficient (Wildman–Crippen LogP) is 2.89. The number of aryl methyl sites for hydroxylation is 1. The molecule has 1 atom stereocenters. The Hall–Kier alpha value is -1.91. The summed E-state index contributed by atoms with van der Waals surface area (Å²) in [6.45, 7) is 1.90. The summed E-state index contributed by atoms with van der Waals surface area (Å²) in [5.41, 5.74) is 5.77. The zero-order valence-electron chi connectivity index (χ0n) is 11.7. The van der Waals surface area contributed by atoms with Crippen molar-refractivity contribution in [3.63, 3.8) is 0 Å². The summed E-state index contributed by atoms with van der Waals surface area (Å²) >= 11 is 0. The fourth-order valence-electron chi connectivity index (χ4n) is 2.32. The number of rotatable bonds is 5. The highest BCUT2D eigenvalue weighted by atomic mass is 19.1. The number of nitrogens with two attached hydrogens (primary N) is 1. The molecule has 1 unspecified atom stereocenters. The van der Waals surface area contributed by atoms with Gasteiger partial charge in [0.05, 0.1) is 13.2 Å². The van der Waals surface area contributed by atoms with Crippen LogP contribution in [0.25, 0.3) is 0 Å². The van der Waals surface area contributed by atoms with Gasteiger partial charge in [-0.25, -0.2) is 4.39 Å². The normalized spacial score (nSPS) is 12.2. The number of benzene rings is 2. The molecule has 3 N–H and O–H groups in total. The largest absolute Gasteiger partial charge is 0.496 e. The first-order chi connectivity index (χ1) is 9.65. The Balaban J connectivity index is 2.29. The second-order valence-electron chi connectivity index (χ2n) is 4.74. The number of hydrazine groups is 1. The van der Waals surface area contributed by atoms with Gasteiger partial charge in [0, 0.05) is 5.56 Å². The van der Waals surface area contributed by atoms with E-state index < -0.39 is 0 Å². The SMILES string of the molecule is COc1ccccc1C(Cc1ccc(F)cc1C)NN. The minimum Gasteiger partial charge on any atom is -0.496 e. The summed E-state index contributed by atoms with van der Waals surface area (Å²) in [5.74, 6) is 6.24. The molecule has 0 spiro atoms. The van der Waals surface area contributed by atoms with Gasteiger partial charge in [0.1, 0.15) is 11.6 Å². The van der Waals surface area contributed by atoms with Crippen molar-refractivity contribution >= 4 is 0 Å². The number of hydrogen-bond acceptors (Lipinski definition) is 3. The molecule has 0 aromatic heterocycles. The molecule has 0 saturated heterocycles. The molecule has 0 aliphatic carbocycles.